The van der Waals surface area contributed by atoms with Crippen molar-refractivity contribution >= 4 is 40.7 Å². The lowest BCUT2D eigenvalue weighted by atomic mass is 10.0. The Morgan fingerprint density at radius 1 is 1.19 bits per heavy atom. The Labute approximate surface area is 161 Å². The van der Waals surface area contributed by atoms with Crippen LogP contribution in [0.5, 0.6) is 5.75 Å². The molecule has 10 heteroatoms. The summed E-state index contributed by atoms with van der Waals surface area (Å²) >= 11 is 12.0. The van der Waals surface area contributed by atoms with E-state index in [1.165, 1.54) is 12.1 Å². The van der Waals surface area contributed by atoms with Crippen LogP contribution < -0.4 is 15.4 Å². The highest BCUT2D eigenvalue weighted by Crippen LogP contribution is 2.38. The van der Waals surface area contributed by atoms with Crippen LogP contribution in [-0.2, 0) is 15.8 Å². The molecule has 0 radical (unpaired) electrons. The van der Waals surface area contributed by atoms with Gasteiger partial charge < -0.3 is 15.4 Å². The molecule has 0 aliphatic carbocycles. The van der Waals surface area contributed by atoms with Gasteiger partial charge in [-0.2, -0.15) is 13.2 Å². The van der Waals surface area contributed by atoms with Crippen LogP contribution in [0.3, 0.4) is 0 Å². The number of alkyl halides is 3. The molecule has 1 aliphatic rings. The van der Waals surface area contributed by atoms with E-state index in [9.17, 15) is 22.8 Å². The van der Waals surface area contributed by atoms with Crippen LogP contribution in [-0.4, -0.2) is 18.4 Å². The molecule has 2 N–H and O–H groups in total. The van der Waals surface area contributed by atoms with Gasteiger partial charge in [-0.15, -0.1) is 0 Å². The smallest absolute Gasteiger partial charge is 0.416 e. The van der Waals surface area contributed by atoms with Crippen LogP contribution in [0, 0.1) is 0 Å². The maximum absolute atomic E-state index is 12.6. The zero-order valence-electron chi connectivity index (χ0n) is 13.4. The number of carbonyl (C=O) groups is 2. The van der Waals surface area contributed by atoms with Crippen molar-refractivity contribution in [2.45, 2.75) is 12.2 Å². The van der Waals surface area contributed by atoms with Crippen molar-refractivity contribution in [2.75, 3.05) is 11.9 Å². The highest BCUT2D eigenvalue weighted by atomic mass is 35.5. The number of hydrogen-bond donors (Lipinski definition) is 2. The zero-order chi connectivity index (χ0) is 19.8. The molecule has 1 heterocycles. The number of anilines is 1. The van der Waals surface area contributed by atoms with Gasteiger partial charge in [0.25, 0.3) is 11.8 Å². The van der Waals surface area contributed by atoms with E-state index in [0.717, 1.165) is 24.3 Å². The van der Waals surface area contributed by atoms with Gasteiger partial charge in [0.05, 0.1) is 10.6 Å². The van der Waals surface area contributed by atoms with Crippen molar-refractivity contribution in [2.24, 2.45) is 0 Å². The minimum atomic E-state index is -4.48. The lowest BCUT2D eigenvalue weighted by Crippen LogP contribution is -2.37. The molecule has 2 aromatic rings. The predicted molar refractivity (Wildman–Crippen MR) is 92.9 cm³/mol. The minimum absolute atomic E-state index is 0.126. The third kappa shape index (κ3) is 4.28. The molecule has 2 aromatic carbocycles. The van der Waals surface area contributed by atoms with E-state index in [1.807, 2.05) is 0 Å². The highest BCUT2D eigenvalue weighted by molar-refractivity contribution is 6.35. The predicted octanol–water partition coefficient (Wildman–Crippen LogP) is 4.20. The van der Waals surface area contributed by atoms with E-state index in [1.54, 1.807) is 0 Å². The van der Waals surface area contributed by atoms with Crippen LogP contribution in [0.25, 0.3) is 0 Å². The molecule has 0 unspecified atom stereocenters. The average Bonchev–Trinajstić information content (AvgIpc) is 2.74. The molecule has 0 fully saturated rings. The van der Waals surface area contributed by atoms with Gasteiger partial charge >= 0.3 is 6.18 Å². The van der Waals surface area contributed by atoms with Gasteiger partial charge in [-0.25, -0.2) is 0 Å². The fourth-order valence-electron chi connectivity index (χ4n) is 2.53. The maximum Gasteiger partial charge on any atom is 0.416 e. The van der Waals surface area contributed by atoms with Gasteiger partial charge in [0.1, 0.15) is 11.8 Å². The first-order valence-corrected chi connectivity index (χ1v) is 8.30. The summed E-state index contributed by atoms with van der Waals surface area (Å²) in [5, 5.41) is 5.28. The van der Waals surface area contributed by atoms with Gasteiger partial charge in [-0.05, 0) is 36.4 Å². The fourth-order valence-corrected chi connectivity index (χ4v) is 3.09. The average molecular weight is 419 g/mol. The Bertz CT molecular complexity index is 902. The molecule has 2 amide bonds. The molecule has 1 atom stereocenters. The molecule has 0 aromatic heterocycles. The second kappa shape index (κ2) is 7.28. The Hall–Kier alpha value is -2.45. The number of halogens is 5. The third-order valence-electron chi connectivity index (χ3n) is 3.74. The SMILES string of the molecule is O=C1COc2c(Cl)cc(Cl)cc2[C@H](C(=O)Nc2ccc(C(F)(F)F)cc2)N1. The summed E-state index contributed by atoms with van der Waals surface area (Å²) in [5.74, 6) is -1.12. The summed E-state index contributed by atoms with van der Waals surface area (Å²) in [7, 11) is 0. The Morgan fingerprint density at radius 2 is 1.85 bits per heavy atom. The quantitative estimate of drug-likeness (QED) is 0.767. The second-order valence-corrected chi connectivity index (χ2v) is 6.50. The number of rotatable bonds is 2. The van der Waals surface area contributed by atoms with E-state index in [4.69, 9.17) is 27.9 Å². The van der Waals surface area contributed by atoms with Gasteiger partial charge in [-0.3, -0.25) is 9.59 Å². The number of ether oxygens (including phenoxy) is 1. The first-order chi connectivity index (χ1) is 12.6. The van der Waals surface area contributed by atoms with Crippen LogP contribution in [0.15, 0.2) is 36.4 Å². The number of benzene rings is 2. The van der Waals surface area contributed by atoms with Crippen molar-refractivity contribution in [1.29, 1.82) is 0 Å². The van der Waals surface area contributed by atoms with Crippen molar-refractivity contribution in [1.82, 2.24) is 5.32 Å². The molecule has 27 heavy (non-hydrogen) atoms. The number of amides is 2. The minimum Gasteiger partial charge on any atom is -0.482 e. The van der Waals surface area contributed by atoms with Gasteiger partial charge in [-0.1, -0.05) is 23.2 Å². The summed E-state index contributed by atoms with van der Waals surface area (Å²) in [6.45, 7) is -0.349. The normalized spacial score (nSPS) is 16.6. The van der Waals surface area contributed by atoms with E-state index in [2.05, 4.69) is 10.6 Å². The van der Waals surface area contributed by atoms with Crippen molar-refractivity contribution in [3.8, 4) is 5.75 Å². The molecule has 0 saturated heterocycles. The van der Waals surface area contributed by atoms with E-state index < -0.39 is 29.6 Å². The lowest BCUT2D eigenvalue weighted by Gasteiger charge is -2.18. The summed E-state index contributed by atoms with van der Waals surface area (Å²) < 4.78 is 43.2. The maximum atomic E-state index is 12.6. The van der Waals surface area contributed by atoms with Crippen LogP contribution in [0.4, 0.5) is 18.9 Å². The Balaban J connectivity index is 1.89. The molecule has 142 valence electrons. The van der Waals surface area contributed by atoms with Crippen molar-refractivity contribution in [3.05, 3.63) is 57.6 Å². The third-order valence-corrected chi connectivity index (χ3v) is 4.24. The number of fused-ring (bicyclic) bond motifs is 1. The number of nitrogens with one attached hydrogen (secondary N) is 2. The molecule has 0 bridgehead atoms. The largest absolute Gasteiger partial charge is 0.482 e. The Morgan fingerprint density at radius 3 is 2.48 bits per heavy atom. The van der Waals surface area contributed by atoms with Crippen molar-refractivity contribution in [3.63, 3.8) is 0 Å². The fraction of sp³-hybridized carbons (Fsp3) is 0.176. The van der Waals surface area contributed by atoms with E-state index in [-0.39, 0.29) is 33.7 Å². The summed E-state index contributed by atoms with van der Waals surface area (Å²) in [4.78, 5) is 24.5. The highest BCUT2D eigenvalue weighted by Gasteiger charge is 2.32. The molecule has 0 saturated carbocycles. The second-order valence-electron chi connectivity index (χ2n) is 5.66. The molecule has 1 aliphatic heterocycles. The number of carbonyl (C=O) groups excluding carboxylic acids is 2. The van der Waals surface area contributed by atoms with E-state index in [0.29, 0.717) is 0 Å². The Kier molecular flexibility index (Phi) is 5.21. The zero-order valence-corrected chi connectivity index (χ0v) is 14.9. The molecule has 3 rings (SSSR count). The number of hydrogen-bond acceptors (Lipinski definition) is 3. The first kappa shape index (κ1) is 19.3. The van der Waals surface area contributed by atoms with Gasteiger partial charge in [0.15, 0.2) is 6.61 Å². The molecular weight excluding hydrogens is 408 g/mol. The monoisotopic (exact) mass is 418 g/mol. The van der Waals surface area contributed by atoms with E-state index >= 15 is 0 Å². The van der Waals surface area contributed by atoms with Crippen LogP contribution in [0.2, 0.25) is 10.0 Å². The van der Waals surface area contributed by atoms with Gasteiger partial charge in [0.2, 0.25) is 0 Å². The topological polar surface area (TPSA) is 67.4 Å². The summed E-state index contributed by atoms with van der Waals surface area (Å²) in [6, 6.07) is 5.54. The lowest BCUT2D eigenvalue weighted by molar-refractivity contribution is -0.137. The van der Waals surface area contributed by atoms with Crippen LogP contribution in [0.1, 0.15) is 17.2 Å². The molecule has 5 nitrogen and oxygen atoms in total. The van der Waals surface area contributed by atoms with Crippen molar-refractivity contribution < 1.29 is 27.5 Å². The molecular formula is C17H11Cl2F3N2O3. The first-order valence-electron chi connectivity index (χ1n) is 7.54. The van der Waals surface area contributed by atoms with Gasteiger partial charge in [0, 0.05) is 16.3 Å². The molecule has 0 spiro atoms. The van der Waals surface area contributed by atoms with Crippen LogP contribution >= 0.6 is 23.2 Å². The summed E-state index contributed by atoms with van der Waals surface area (Å²) in [6.07, 6.45) is -4.48. The standard InChI is InChI=1S/C17H11Cl2F3N2O3/c18-9-5-11-14(24-13(25)7-27-15(11)12(19)6-9)16(26)23-10-3-1-8(2-4-10)17(20,21)22/h1-6,14H,7H2,(H,23,26)(H,24,25)/t14-/m1/s1. The summed E-state index contributed by atoms with van der Waals surface area (Å²) in [5.41, 5.74) is -0.481.